The van der Waals surface area contributed by atoms with Crippen LogP contribution in [-0.4, -0.2) is 90.1 Å². The molecule has 2 saturated heterocycles. The molecule has 248 valence electrons. The number of carbonyl (C=O) groups is 1. The molecule has 0 atom stereocenters. The SMILES string of the molecule is CCc1cc(Nc2ncc(Cl)c(Nc3ccccc3P(C)(C)=O)n2)ccc1N1CCC(N2CCN(C(=O)OC(C)(C)C)CC2)CC1. The molecule has 10 nitrogen and oxygen atoms in total. The number of anilines is 5. The van der Waals surface area contributed by atoms with Crippen LogP contribution in [0.4, 0.5) is 33.6 Å². The molecular formula is C34H47ClN7O3P. The van der Waals surface area contributed by atoms with E-state index in [4.69, 9.17) is 16.3 Å². The van der Waals surface area contributed by atoms with Gasteiger partial charge in [0.15, 0.2) is 5.82 Å². The maximum absolute atomic E-state index is 12.8. The average Bonchev–Trinajstić information content (AvgIpc) is 3.02. The molecule has 2 aliphatic rings. The quantitative estimate of drug-likeness (QED) is 0.247. The van der Waals surface area contributed by atoms with Gasteiger partial charge >= 0.3 is 6.09 Å². The number of hydrogen-bond donors (Lipinski definition) is 2. The van der Waals surface area contributed by atoms with Gasteiger partial charge in [-0.25, -0.2) is 9.78 Å². The number of piperidine rings is 1. The van der Waals surface area contributed by atoms with Crippen molar-refractivity contribution in [1.82, 2.24) is 19.8 Å². The summed E-state index contributed by atoms with van der Waals surface area (Å²) in [5.74, 6) is 0.865. The van der Waals surface area contributed by atoms with Crippen molar-refractivity contribution in [2.24, 2.45) is 0 Å². The highest BCUT2D eigenvalue weighted by Crippen LogP contribution is 2.39. The number of ether oxygens (including phenoxy) is 1. The third kappa shape index (κ3) is 8.52. The second-order valence-electron chi connectivity index (χ2n) is 13.4. The van der Waals surface area contributed by atoms with Crippen LogP contribution < -0.4 is 20.8 Å². The second-order valence-corrected chi connectivity index (χ2v) is 17.0. The molecule has 2 fully saturated rings. The van der Waals surface area contributed by atoms with Gasteiger partial charge in [0, 0.05) is 62.0 Å². The number of hydrogen-bond acceptors (Lipinski definition) is 9. The van der Waals surface area contributed by atoms with Crippen LogP contribution in [0.5, 0.6) is 0 Å². The van der Waals surface area contributed by atoms with E-state index in [9.17, 15) is 9.36 Å². The lowest BCUT2D eigenvalue weighted by molar-refractivity contribution is 0.00902. The molecule has 46 heavy (non-hydrogen) atoms. The van der Waals surface area contributed by atoms with E-state index < -0.39 is 12.7 Å². The number of halogens is 1. The van der Waals surface area contributed by atoms with E-state index in [1.807, 2.05) is 49.9 Å². The Balaban J connectivity index is 1.19. The zero-order chi connectivity index (χ0) is 33.1. The van der Waals surface area contributed by atoms with Gasteiger partial charge in [-0.15, -0.1) is 0 Å². The summed E-state index contributed by atoms with van der Waals surface area (Å²) in [6, 6.07) is 14.5. The molecule has 5 rings (SSSR count). The molecule has 3 heterocycles. The number of piperazine rings is 1. The number of amides is 1. The summed E-state index contributed by atoms with van der Waals surface area (Å²) in [6.07, 6.45) is 4.45. The van der Waals surface area contributed by atoms with Crippen molar-refractivity contribution in [2.45, 2.75) is 58.6 Å². The third-order valence-electron chi connectivity index (χ3n) is 8.49. The van der Waals surface area contributed by atoms with Crippen LogP contribution in [-0.2, 0) is 15.7 Å². The molecular weight excluding hydrogens is 621 g/mol. The largest absolute Gasteiger partial charge is 0.444 e. The van der Waals surface area contributed by atoms with Crippen molar-refractivity contribution in [3.05, 3.63) is 59.2 Å². The number of benzene rings is 2. The average molecular weight is 668 g/mol. The van der Waals surface area contributed by atoms with E-state index >= 15 is 0 Å². The van der Waals surface area contributed by atoms with Gasteiger partial charge in [-0.1, -0.05) is 30.7 Å². The fraction of sp³-hybridized carbons (Fsp3) is 0.500. The number of aromatic nitrogens is 2. The Kier molecular flexibility index (Phi) is 10.5. The summed E-state index contributed by atoms with van der Waals surface area (Å²) in [4.78, 5) is 28.4. The Labute approximate surface area is 278 Å². The molecule has 12 heteroatoms. The summed E-state index contributed by atoms with van der Waals surface area (Å²) < 4.78 is 18.4. The van der Waals surface area contributed by atoms with Crippen molar-refractivity contribution in [1.29, 1.82) is 0 Å². The van der Waals surface area contributed by atoms with E-state index in [1.54, 1.807) is 19.5 Å². The lowest BCUT2D eigenvalue weighted by Crippen LogP contribution is -2.55. The van der Waals surface area contributed by atoms with Crippen LogP contribution in [0.3, 0.4) is 0 Å². The number of carbonyl (C=O) groups excluding carboxylic acids is 1. The minimum absolute atomic E-state index is 0.210. The third-order valence-corrected chi connectivity index (χ3v) is 10.3. The van der Waals surface area contributed by atoms with Gasteiger partial charge in [0.2, 0.25) is 5.95 Å². The minimum atomic E-state index is -2.51. The standard InChI is InChI=1S/C34H47ClN7O3P/c1-7-24-22-25(37-32-36-23-27(35)31(39-32)38-28-10-8-9-11-30(28)46(5,6)44)12-13-29(24)41-16-14-26(15-17-41)40-18-20-42(21-19-40)33(43)45-34(2,3)4/h8-13,22-23,26H,7,14-21H2,1-6H3,(H2,36,37,38,39). The van der Waals surface area contributed by atoms with Gasteiger partial charge in [-0.3, -0.25) is 4.90 Å². The van der Waals surface area contributed by atoms with Crippen molar-refractivity contribution in [3.8, 4) is 0 Å². The van der Waals surface area contributed by atoms with Gasteiger partial charge in [0.25, 0.3) is 0 Å². The van der Waals surface area contributed by atoms with E-state index in [0.29, 0.717) is 41.6 Å². The van der Waals surface area contributed by atoms with Crippen LogP contribution in [0.25, 0.3) is 0 Å². The first-order chi connectivity index (χ1) is 21.8. The second kappa shape index (κ2) is 14.2. The molecule has 0 aliphatic carbocycles. The molecule has 1 amide bonds. The molecule has 0 spiro atoms. The van der Waals surface area contributed by atoms with Gasteiger partial charge in [-0.05, 0) is 89.3 Å². The first kappa shape index (κ1) is 34.0. The number of aryl methyl sites for hydroxylation is 1. The van der Waals surface area contributed by atoms with E-state index in [-0.39, 0.29) is 6.09 Å². The van der Waals surface area contributed by atoms with Gasteiger partial charge in [0.05, 0.1) is 11.9 Å². The molecule has 0 radical (unpaired) electrons. The van der Waals surface area contributed by atoms with Crippen molar-refractivity contribution >= 4 is 59.0 Å². The highest BCUT2D eigenvalue weighted by molar-refractivity contribution is 7.70. The Hall–Kier alpha value is -3.33. The summed E-state index contributed by atoms with van der Waals surface area (Å²) in [6.45, 7) is 16.6. The van der Waals surface area contributed by atoms with Gasteiger partial charge in [-0.2, -0.15) is 4.98 Å². The number of nitrogens with one attached hydrogen (secondary N) is 2. The summed E-state index contributed by atoms with van der Waals surface area (Å²) in [5, 5.41) is 7.72. The molecule has 1 aromatic heterocycles. The highest BCUT2D eigenvalue weighted by atomic mass is 35.5. The summed E-state index contributed by atoms with van der Waals surface area (Å²) in [7, 11) is -2.51. The summed E-state index contributed by atoms with van der Waals surface area (Å²) in [5.41, 5.74) is 3.67. The fourth-order valence-electron chi connectivity index (χ4n) is 6.14. The fourth-order valence-corrected chi connectivity index (χ4v) is 7.44. The van der Waals surface area contributed by atoms with E-state index in [2.05, 4.69) is 55.5 Å². The Morgan fingerprint density at radius 2 is 1.72 bits per heavy atom. The molecule has 0 unspecified atom stereocenters. The topological polar surface area (TPSA) is 103 Å². The first-order valence-electron chi connectivity index (χ1n) is 16.1. The van der Waals surface area contributed by atoms with E-state index in [0.717, 1.165) is 56.4 Å². The molecule has 0 saturated carbocycles. The lowest BCUT2D eigenvalue weighted by atomic mass is 10.00. The highest BCUT2D eigenvalue weighted by Gasteiger charge is 2.31. The first-order valence-corrected chi connectivity index (χ1v) is 19.1. The monoisotopic (exact) mass is 667 g/mol. The lowest BCUT2D eigenvalue weighted by Gasteiger charge is -2.43. The Morgan fingerprint density at radius 1 is 1.02 bits per heavy atom. The van der Waals surface area contributed by atoms with Crippen molar-refractivity contribution < 1.29 is 14.1 Å². The normalized spacial score (nSPS) is 16.8. The summed E-state index contributed by atoms with van der Waals surface area (Å²) >= 11 is 6.46. The molecule has 2 aromatic carbocycles. The van der Waals surface area contributed by atoms with Crippen LogP contribution in [0.1, 0.15) is 46.1 Å². The molecule has 0 bridgehead atoms. The molecule has 2 N–H and O–H groups in total. The van der Waals surface area contributed by atoms with Crippen LogP contribution >= 0.6 is 18.7 Å². The molecule has 2 aliphatic heterocycles. The number of nitrogens with zero attached hydrogens (tertiary/aromatic N) is 5. The van der Waals surface area contributed by atoms with Crippen LogP contribution in [0.15, 0.2) is 48.7 Å². The number of rotatable bonds is 8. The maximum atomic E-state index is 12.8. The van der Waals surface area contributed by atoms with Crippen LogP contribution in [0, 0.1) is 0 Å². The Morgan fingerprint density at radius 3 is 2.37 bits per heavy atom. The number of para-hydroxylation sites is 1. The zero-order valence-electron chi connectivity index (χ0n) is 27.8. The van der Waals surface area contributed by atoms with E-state index in [1.165, 1.54) is 11.3 Å². The van der Waals surface area contributed by atoms with Crippen LogP contribution in [0.2, 0.25) is 5.02 Å². The predicted octanol–water partition coefficient (Wildman–Crippen LogP) is 6.95. The maximum Gasteiger partial charge on any atom is 0.410 e. The Bertz CT molecular complexity index is 1580. The van der Waals surface area contributed by atoms with Crippen molar-refractivity contribution in [2.75, 3.05) is 68.1 Å². The van der Waals surface area contributed by atoms with Gasteiger partial charge in [0.1, 0.15) is 17.8 Å². The predicted molar refractivity (Wildman–Crippen MR) is 190 cm³/mol. The minimum Gasteiger partial charge on any atom is -0.444 e. The van der Waals surface area contributed by atoms with Crippen molar-refractivity contribution in [3.63, 3.8) is 0 Å². The molecule has 3 aromatic rings. The van der Waals surface area contributed by atoms with Gasteiger partial charge < -0.3 is 29.7 Å². The zero-order valence-corrected chi connectivity index (χ0v) is 29.5. The smallest absolute Gasteiger partial charge is 0.410 e.